The van der Waals surface area contributed by atoms with E-state index in [0.717, 1.165) is 12.1 Å². The molecule has 4 rings (SSSR count). The number of amides is 1. The molecule has 37 heavy (non-hydrogen) atoms. The summed E-state index contributed by atoms with van der Waals surface area (Å²) in [6, 6.07) is 3.34. The standard InChI is InChI=1S/C22H17Cl2F4N7O2/c1-35-18-15(32-21(35)33-17-13(23)8-29-9-14(17)24)7-11(20(34-18)37-6-4-25)19(36)31-10-16-12(22(26,27)28)3-2-5-30-16/h2-3,5,7-9H,4,6,10H2,1H3,(H,31,36)(H,29,32,33). The molecule has 4 heterocycles. The number of alkyl halides is 4. The lowest BCUT2D eigenvalue weighted by Crippen LogP contribution is -2.26. The van der Waals surface area contributed by atoms with Gasteiger partial charge in [0.2, 0.25) is 11.8 Å². The number of imidazole rings is 1. The number of fused-ring (bicyclic) bond motifs is 1. The van der Waals surface area contributed by atoms with Crippen LogP contribution in [0.3, 0.4) is 0 Å². The number of aromatic nitrogens is 5. The van der Waals surface area contributed by atoms with Crippen LogP contribution in [0.25, 0.3) is 11.2 Å². The van der Waals surface area contributed by atoms with Crippen LogP contribution in [0.2, 0.25) is 10.0 Å². The molecular weight excluding hydrogens is 541 g/mol. The van der Waals surface area contributed by atoms with Gasteiger partial charge in [0.05, 0.1) is 33.5 Å². The number of hydrogen-bond acceptors (Lipinski definition) is 7. The summed E-state index contributed by atoms with van der Waals surface area (Å²) in [5.41, 5.74) is -0.684. The van der Waals surface area contributed by atoms with E-state index < -0.39 is 37.5 Å². The van der Waals surface area contributed by atoms with Gasteiger partial charge in [-0.2, -0.15) is 18.2 Å². The fourth-order valence-corrected chi connectivity index (χ4v) is 3.81. The Morgan fingerprint density at radius 1 is 1.19 bits per heavy atom. The van der Waals surface area contributed by atoms with E-state index in [4.69, 9.17) is 27.9 Å². The van der Waals surface area contributed by atoms with Crippen molar-refractivity contribution in [2.24, 2.45) is 7.05 Å². The lowest BCUT2D eigenvalue weighted by molar-refractivity contribution is -0.138. The van der Waals surface area contributed by atoms with Crippen molar-refractivity contribution in [1.29, 1.82) is 0 Å². The van der Waals surface area contributed by atoms with Gasteiger partial charge in [-0.05, 0) is 18.2 Å². The summed E-state index contributed by atoms with van der Waals surface area (Å²) in [7, 11) is 1.62. The van der Waals surface area contributed by atoms with Gasteiger partial charge in [0.25, 0.3) is 5.91 Å². The Labute approximate surface area is 216 Å². The summed E-state index contributed by atoms with van der Waals surface area (Å²) in [6.07, 6.45) is -0.701. The van der Waals surface area contributed by atoms with E-state index in [2.05, 4.69) is 30.6 Å². The van der Waals surface area contributed by atoms with Gasteiger partial charge in [0.1, 0.15) is 24.4 Å². The summed E-state index contributed by atoms with van der Waals surface area (Å²) >= 11 is 12.3. The molecule has 0 aliphatic rings. The predicted octanol–water partition coefficient (Wildman–Crippen LogP) is 5.11. The third-order valence-electron chi connectivity index (χ3n) is 5.07. The summed E-state index contributed by atoms with van der Waals surface area (Å²) in [6.45, 7) is -1.79. The van der Waals surface area contributed by atoms with Crippen molar-refractivity contribution in [3.05, 3.63) is 63.7 Å². The van der Waals surface area contributed by atoms with Gasteiger partial charge in [-0.25, -0.2) is 9.37 Å². The smallest absolute Gasteiger partial charge is 0.418 e. The van der Waals surface area contributed by atoms with Crippen molar-refractivity contribution in [1.82, 2.24) is 29.8 Å². The van der Waals surface area contributed by atoms with Crippen LogP contribution in [0.15, 0.2) is 36.8 Å². The van der Waals surface area contributed by atoms with Gasteiger partial charge in [0.15, 0.2) is 5.65 Å². The Morgan fingerprint density at radius 3 is 2.59 bits per heavy atom. The Balaban J connectivity index is 1.67. The van der Waals surface area contributed by atoms with Crippen LogP contribution in [0.1, 0.15) is 21.6 Å². The number of halogens is 6. The molecule has 9 nitrogen and oxygen atoms in total. The minimum Gasteiger partial charge on any atom is -0.474 e. The van der Waals surface area contributed by atoms with Gasteiger partial charge < -0.3 is 15.4 Å². The van der Waals surface area contributed by atoms with E-state index in [1.165, 1.54) is 29.2 Å². The number of hydrogen-bond donors (Lipinski definition) is 2. The van der Waals surface area contributed by atoms with Crippen LogP contribution in [0.5, 0.6) is 5.88 Å². The second kappa shape index (κ2) is 10.7. The molecule has 0 unspecified atom stereocenters. The minimum atomic E-state index is -4.65. The molecule has 1 amide bonds. The molecule has 15 heteroatoms. The quantitative estimate of drug-likeness (QED) is 0.290. The number of pyridine rings is 3. The van der Waals surface area contributed by atoms with Crippen LogP contribution in [0.4, 0.5) is 29.2 Å². The van der Waals surface area contributed by atoms with Gasteiger partial charge >= 0.3 is 6.18 Å². The van der Waals surface area contributed by atoms with Crippen molar-refractivity contribution in [2.45, 2.75) is 12.7 Å². The SMILES string of the molecule is Cn1c(Nc2c(Cl)cncc2Cl)nc2cc(C(=O)NCc3ncccc3C(F)(F)F)c(OCCF)nc21. The molecule has 0 saturated heterocycles. The zero-order valence-corrected chi connectivity index (χ0v) is 20.4. The van der Waals surface area contributed by atoms with Crippen molar-refractivity contribution in [2.75, 3.05) is 18.6 Å². The molecule has 4 aromatic heterocycles. The topological polar surface area (TPSA) is 107 Å². The number of rotatable bonds is 8. The molecule has 0 atom stereocenters. The van der Waals surface area contributed by atoms with E-state index >= 15 is 0 Å². The van der Waals surface area contributed by atoms with Gasteiger partial charge in [-0.1, -0.05) is 23.2 Å². The molecule has 4 aromatic rings. The molecule has 0 radical (unpaired) electrons. The highest BCUT2D eigenvalue weighted by atomic mass is 35.5. The number of ether oxygens (including phenoxy) is 1. The number of carbonyl (C=O) groups is 1. The largest absolute Gasteiger partial charge is 0.474 e. The van der Waals surface area contributed by atoms with E-state index in [1.54, 1.807) is 7.05 Å². The van der Waals surface area contributed by atoms with E-state index in [1.807, 2.05) is 0 Å². The van der Waals surface area contributed by atoms with Crippen LogP contribution in [-0.2, 0) is 19.8 Å². The van der Waals surface area contributed by atoms with Crippen molar-refractivity contribution in [3.63, 3.8) is 0 Å². The maximum absolute atomic E-state index is 13.3. The first-order valence-corrected chi connectivity index (χ1v) is 11.3. The van der Waals surface area contributed by atoms with Crippen LogP contribution < -0.4 is 15.4 Å². The lowest BCUT2D eigenvalue weighted by atomic mass is 10.1. The summed E-state index contributed by atoms with van der Waals surface area (Å²) in [5, 5.41) is 5.80. The molecule has 0 aliphatic heterocycles. The molecule has 194 valence electrons. The number of aryl methyl sites for hydroxylation is 1. The molecular formula is C22H17Cl2F4N7O2. The Morgan fingerprint density at radius 2 is 1.92 bits per heavy atom. The van der Waals surface area contributed by atoms with Crippen LogP contribution >= 0.6 is 23.2 Å². The fourth-order valence-electron chi connectivity index (χ4n) is 3.35. The Hall–Kier alpha value is -3.71. The monoisotopic (exact) mass is 557 g/mol. The third-order valence-corrected chi connectivity index (χ3v) is 5.65. The van der Waals surface area contributed by atoms with Crippen molar-refractivity contribution < 1.29 is 27.1 Å². The number of anilines is 2. The summed E-state index contributed by atoms with van der Waals surface area (Å²) in [5.74, 6) is -0.800. The Bertz CT molecular complexity index is 1440. The van der Waals surface area contributed by atoms with Gasteiger partial charge in [-0.3, -0.25) is 19.3 Å². The number of nitrogens with one attached hydrogen (secondary N) is 2. The van der Waals surface area contributed by atoms with E-state index in [-0.39, 0.29) is 44.3 Å². The van der Waals surface area contributed by atoms with Crippen molar-refractivity contribution in [3.8, 4) is 5.88 Å². The van der Waals surface area contributed by atoms with Crippen LogP contribution in [0, 0.1) is 0 Å². The number of carbonyl (C=O) groups excluding carboxylic acids is 1. The summed E-state index contributed by atoms with van der Waals surface area (Å²) < 4.78 is 59.5. The zero-order valence-electron chi connectivity index (χ0n) is 18.9. The zero-order chi connectivity index (χ0) is 26.7. The molecule has 0 aromatic carbocycles. The second-order valence-electron chi connectivity index (χ2n) is 7.50. The first-order valence-electron chi connectivity index (χ1n) is 10.5. The molecule has 2 N–H and O–H groups in total. The van der Waals surface area contributed by atoms with Gasteiger partial charge in [0, 0.05) is 25.6 Å². The first-order chi connectivity index (χ1) is 17.6. The molecule has 0 spiro atoms. The molecule has 0 fully saturated rings. The molecule has 0 saturated carbocycles. The minimum absolute atomic E-state index is 0.157. The van der Waals surface area contributed by atoms with Crippen LogP contribution in [-0.4, -0.2) is 43.7 Å². The van der Waals surface area contributed by atoms with Crippen molar-refractivity contribution >= 4 is 51.9 Å². The molecule has 0 bridgehead atoms. The summed E-state index contributed by atoms with van der Waals surface area (Å²) in [4.78, 5) is 29.2. The third kappa shape index (κ3) is 5.67. The average molecular weight is 558 g/mol. The Kier molecular flexibility index (Phi) is 7.64. The highest BCUT2D eigenvalue weighted by Crippen LogP contribution is 2.33. The molecule has 0 aliphatic carbocycles. The first kappa shape index (κ1) is 26.4. The highest BCUT2D eigenvalue weighted by molar-refractivity contribution is 6.39. The lowest BCUT2D eigenvalue weighted by Gasteiger charge is -2.13. The second-order valence-corrected chi connectivity index (χ2v) is 8.31. The van der Waals surface area contributed by atoms with E-state index in [9.17, 15) is 22.4 Å². The predicted molar refractivity (Wildman–Crippen MR) is 128 cm³/mol. The van der Waals surface area contributed by atoms with E-state index in [0.29, 0.717) is 5.69 Å². The van der Waals surface area contributed by atoms with Gasteiger partial charge in [-0.15, -0.1) is 0 Å². The number of nitrogens with zero attached hydrogens (tertiary/aromatic N) is 5. The fraction of sp³-hybridized carbons (Fsp3) is 0.227. The maximum atomic E-state index is 13.3. The normalized spacial score (nSPS) is 11.5. The highest BCUT2D eigenvalue weighted by Gasteiger charge is 2.34. The maximum Gasteiger partial charge on any atom is 0.418 e. The average Bonchev–Trinajstić information content (AvgIpc) is 3.16.